The van der Waals surface area contributed by atoms with E-state index in [0.29, 0.717) is 11.3 Å². The maximum atomic E-state index is 12.4. The fourth-order valence-electron chi connectivity index (χ4n) is 1.43. The number of hydrogen-bond donors (Lipinski definition) is 1. The van der Waals surface area contributed by atoms with Gasteiger partial charge in [0.05, 0.1) is 11.3 Å². The molecule has 0 aliphatic heterocycles. The summed E-state index contributed by atoms with van der Waals surface area (Å²) in [4.78, 5) is 10.6. The number of benzene rings is 1. The molecule has 1 aromatic heterocycles. The Hall–Kier alpha value is -2.44. The second-order valence-corrected chi connectivity index (χ2v) is 3.68. The number of alkyl halides is 3. The third-order valence-electron chi connectivity index (χ3n) is 2.39. The molecule has 98 valence electrons. The Labute approximate surface area is 105 Å². The van der Waals surface area contributed by atoms with E-state index in [-0.39, 0.29) is 5.69 Å². The fraction of sp³-hybridized carbons (Fsp3) is 0.0833. The largest absolute Gasteiger partial charge is 0.476 e. The van der Waals surface area contributed by atoms with Crippen molar-refractivity contribution in [3.05, 3.63) is 47.7 Å². The Bertz CT molecular complexity index is 592. The average Bonchev–Trinajstić information content (AvgIpc) is 2.38. The van der Waals surface area contributed by atoms with Crippen LogP contribution in [-0.2, 0) is 6.18 Å². The maximum absolute atomic E-state index is 12.4. The van der Waals surface area contributed by atoms with Gasteiger partial charge in [-0.15, -0.1) is 10.2 Å². The lowest BCUT2D eigenvalue weighted by Crippen LogP contribution is -2.04. The van der Waals surface area contributed by atoms with E-state index in [0.717, 1.165) is 12.1 Å². The molecule has 4 nitrogen and oxygen atoms in total. The minimum Gasteiger partial charge on any atom is -0.476 e. The van der Waals surface area contributed by atoms with Crippen LogP contribution in [0.25, 0.3) is 11.3 Å². The van der Waals surface area contributed by atoms with Gasteiger partial charge < -0.3 is 5.11 Å². The molecule has 19 heavy (non-hydrogen) atoms. The highest BCUT2D eigenvalue weighted by molar-refractivity contribution is 5.85. The minimum atomic E-state index is -4.39. The molecule has 0 aliphatic rings. The molecular formula is C12H7F3N2O2. The van der Waals surface area contributed by atoms with Crippen molar-refractivity contribution in [1.29, 1.82) is 0 Å². The molecule has 0 bridgehead atoms. The number of carbonyl (C=O) groups is 1. The Morgan fingerprint density at radius 1 is 1.00 bits per heavy atom. The lowest BCUT2D eigenvalue weighted by atomic mass is 10.1. The first-order chi connectivity index (χ1) is 8.88. The van der Waals surface area contributed by atoms with Crippen molar-refractivity contribution in [2.24, 2.45) is 0 Å². The number of hydrogen-bond acceptors (Lipinski definition) is 3. The van der Waals surface area contributed by atoms with Crippen LogP contribution in [0, 0.1) is 0 Å². The zero-order valence-corrected chi connectivity index (χ0v) is 9.35. The molecular weight excluding hydrogens is 261 g/mol. The first-order valence-electron chi connectivity index (χ1n) is 5.12. The highest BCUT2D eigenvalue weighted by Gasteiger charge is 2.30. The van der Waals surface area contributed by atoms with Crippen molar-refractivity contribution < 1.29 is 23.1 Å². The van der Waals surface area contributed by atoms with Gasteiger partial charge in [0.1, 0.15) is 0 Å². The van der Waals surface area contributed by atoms with Crippen LogP contribution in [0.2, 0.25) is 0 Å². The van der Waals surface area contributed by atoms with E-state index in [9.17, 15) is 18.0 Å². The molecule has 0 atom stereocenters. The van der Waals surface area contributed by atoms with E-state index in [4.69, 9.17) is 5.11 Å². The zero-order valence-electron chi connectivity index (χ0n) is 9.35. The highest BCUT2D eigenvalue weighted by Crippen LogP contribution is 2.30. The second kappa shape index (κ2) is 4.68. The zero-order chi connectivity index (χ0) is 14.0. The number of aromatic carboxylic acids is 1. The number of carboxylic acids is 1. The summed E-state index contributed by atoms with van der Waals surface area (Å²) in [5, 5.41) is 15.7. The lowest BCUT2D eigenvalue weighted by Gasteiger charge is -2.07. The summed E-state index contributed by atoms with van der Waals surface area (Å²) in [5.41, 5.74) is -0.252. The van der Waals surface area contributed by atoms with E-state index in [1.165, 1.54) is 24.3 Å². The maximum Gasteiger partial charge on any atom is 0.416 e. The van der Waals surface area contributed by atoms with Crippen molar-refractivity contribution in [1.82, 2.24) is 10.2 Å². The van der Waals surface area contributed by atoms with Gasteiger partial charge in [0.2, 0.25) is 0 Å². The van der Waals surface area contributed by atoms with Crippen LogP contribution >= 0.6 is 0 Å². The van der Waals surface area contributed by atoms with Crippen LogP contribution in [0.1, 0.15) is 16.1 Å². The molecule has 0 unspecified atom stereocenters. The Morgan fingerprint density at radius 2 is 1.63 bits per heavy atom. The average molecular weight is 268 g/mol. The monoisotopic (exact) mass is 268 g/mol. The molecule has 0 spiro atoms. The van der Waals surface area contributed by atoms with Crippen molar-refractivity contribution in [3.8, 4) is 11.3 Å². The molecule has 0 radical (unpaired) electrons. The van der Waals surface area contributed by atoms with Crippen molar-refractivity contribution in [3.63, 3.8) is 0 Å². The first-order valence-corrected chi connectivity index (χ1v) is 5.12. The Kier molecular flexibility index (Phi) is 3.20. The normalized spacial score (nSPS) is 11.3. The summed E-state index contributed by atoms with van der Waals surface area (Å²) in [6.45, 7) is 0. The molecule has 7 heteroatoms. The first kappa shape index (κ1) is 13.0. The molecule has 0 saturated heterocycles. The van der Waals surface area contributed by atoms with E-state index in [2.05, 4.69) is 10.2 Å². The molecule has 2 rings (SSSR count). The van der Waals surface area contributed by atoms with Crippen LogP contribution in [0.4, 0.5) is 13.2 Å². The minimum absolute atomic E-state index is 0.226. The third kappa shape index (κ3) is 2.87. The van der Waals surface area contributed by atoms with E-state index in [1.807, 2.05) is 0 Å². The smallest absolute Gasteiger partial charge is 0.416 e. The van der Waals surface area contributed by atoms with Gasteiger partial charge in [-0.05, 0) is 24.3 Å². The van der Waals surface area contributed by atoms with Crippen molar-refractivity contribution >= 4 is 5.97 Å². The van der Waals surface area contributed by atoms with Gasteiger partial charge in [0.25, 0.3) is 0 Å². The van der Waals surface area contributed by atoms with Crippen molar-refractivity contribution in [2.45, 2.75) is 6.18 Å². The van der Waals surface area contributed by atoms with Gasteiger partial charge in [-0.3, -0.25) is 0 Å². The lowest BCUT2D eigenvalue weighted by molar-refractivity contribution is -0.137. The number of nitrogens with zero attached hydrogens (tertiary/aromatic N) is 2. The van der Waals surface area contributed by atoms with Crippen LogP contribution in [-0.4, -0.2) is 21.3 Å². The number of carboxylic acid groups (broad SMARTS) is 1. The number of halogens is 3. The van der Waals surface area contributed by atoms with Gasteiger partial charge >= 0.3 is 12.1 Å². The highest BCUT2D eigenvalue weighted by atomic mass is 19.4. The molecule has 0 saturated carbocycles. The summed E-state index contributed by atoms with van der Waals surface area (Å²) >= 11 is 0. The van der Waals surface area contributed by atoms with Crippen LogP contribution < -0.4 is 0 Å². The summed E-state index contributed by atoms with van der Waals surface area (Å²) in [6, 6.07) is 7.01. The Morgan fingerprint density at radius 3 is 2.05 bits per heavy atom. The van der Waals surface area contributed by atoms with Gasteiger partial charge in [-0.2, -0.15) is 13.2 Å². The summed E-state index contributed by atoms with van der Waals surface area (Å²) in [5.74, 6) is -1.22. The number of rotatable bonds is 2. The molecule has 0 aliphatic carbocycles. The molecule has 1 aromatic carbocycles. The molecule has 2 aromatic rings. The van der Waals surface area contributed by atoms with Gasteiger partial charge in [0.15, 0.2) is 5.69 Å². The summed E-state index contributed by atoms with van der Waals surface area (Å²) in [7, 11) is 0. The Balaban J connectivity index is 2.30. The predicted molar refractivity (Wildman–Crippen MR) is 59.4 cm³/mol. The number of aromatic nitrogens is 2. The standard InChI is InChI=1S/C12H7F3N2O2/c13-12(14,15)8-3-1-7(2-4-8)9-5-6-10(11(18)19)17-16-9/h1-6H,(H,18,19). The SMILES string of the molecule is O=C(O)c1ccc(-c2ccc(C(F)(F)F)cc2)nn1. The third-order valence-corrected chi connectivity index (χ3v) is 2.39. The summed E-state index contributed by atoms with van der Waals surface area (Å²) < 4.78 is 37.1. The quantitative estimate of drug-likeness (QED) is 0.909. The molecule has 0 fully saturated rings. The molecule has 1 N–H and O–H groups in total. The van der Waals surface area contributed by atoms with E-state index < -0.39 is 17.7 Å². The van der Waals surface area contributed by atoms with Crippen LogP contribution in [0.5, 0.6) is 0 Å². The predicted octanol–water partition coefficient (Wildman–Crippen LogP) is 2.86. The van der Waals surface area contributed by atoms with Crippen LogP contribution in [0.15, 0.2) is 36.4 Å². The van der Waals surface area contributed by atoms with Gasteiger partial charge in [-0.1, -0.05) is 12.1 Å². The van der Waals surface area contributed by atoms with E-state index in [1.54, 1.807) is 0 Å². The topological polar surface area (TPSA) is 63.1 Å². The molecule has 0 amide bonds. The van der Waals surface area contributed by atoms with Gasteiger partial charge in [-0.25, -0.2) is 4.79 Å². The van der Waals surface area contributed by atoms with Gasteiger partial charge in [0, 0.05) is 5.56 Å². The fourth-order valence-corrected chi connectivity index (χ4v) is 1.43. The van der Waals surface area contributed by atoms with E-state index >= 15 is 0 Å². The van der Waals surface area contributed by atoms with Crippen molar-refractivity contribution in [2.75, 3.05) is 0 Å². The second-order valence-electron chi connectivity index (χ2n) is 3.68. The molecule has 1 heterocycles. The summed E-state index contributed by atoms with van der Waals surface area (Å²) in [6.07, 6.45) is -4.39. The van der Waals surface area contributed by atoms with Crippen LogP contribution in [0.3, 0.4) is 0 Å².